The average Bonchev–Trinajstić information content (AvgIpc) is 3.23. The van der Waals surface area contributed by atoms with Crippen LogP contribution in [-0.4, -0.2) is 29.9 Å². The molecule has 1 amide bonds. The Morgan fingerprint density at radius 3 is 2.45 bits per heavy atom. The Kier molecular flexibility index (Phi) is 5.81. The van der Waals surface area contributed by atoms with Crippen molar-refractivity contribution in [2.75, 3.05) is 18.0 Å². The molecule has 0 aliphatic carbocycles. The number of rotatable bonds is 5. The van der Waals surface area contributed by atoms with Crippen molar-refractivity contribution in [1.29, 1.82) is 0 Å². The summed E-state index contributed by atoms with van der Waals surface area (Å²) in [6.07, 6.45) is 5.46. The third-order valence-electron chi connectivity index (χ3n) is 5.71. The number of hydrogen-bond acceptors (Lipinski definition) is 3. The van der Waals surface area contributed by atoms with E-state index in [0.717, 1.165) is 49.3 Å². The van der Waals surface area contributed by atoms with Gasteiger partial charge in [0, 0.05) is 42.5 Å². The van der Waals surface area contributed by atoms with Gasteiger partial charge in [0.2, 0.25) is 0 Å². The number of furan rings is 1. The molecule has 0 radical (unpaired) electrons. The van der Waals surface area contributed by atoms with E-state index in [9.17, 15) is 4.79 Å². The summed E-state index contributed by atoms with van der Waals surface area (Å²) in [7, 11) is 0. The van der Waals surface area contributed by atoms with Crippen LogP contribution < -0.4 is 4.90 Å². The van der Waals surface area contributed by atoms with Crippen LogP contribution in [0.4, 0.5) is 5.69 Å². The number of nitrogens with zero attached hydrogens (tertiary/aromatic N) is 2. The fraction of sp³-hybridized carbons (Fsp3) is 0.320. The first-order valence-electron chi connectivity index (χ1n) is 10.3. The number of carbonyl (C=O) groups is 1. The molecule has 4 rings (SSSR count). The predicted molar refractivity (Wildman–Crippen MR) is 116 cm³/mol. The molecule has 0 N–H and O–H groups in total. The summed E-state index contributed by atoms with van der Waals surface area (Å²) in [5.74, 6) is 0.0869. The second kappa shape index (κ2) is 8.66. The minimum absolute atomic E-state index is 0.0869. The van der Waals surface area contributed by atoms with Gasteiger partial charge in [-0.15, -0.1) is 0 Å². The smallest absolute Gasteiger partial charge is 0.258 e. The van der Waals surface area contributed by atoms with Gasteiger partial charge in [-0.3, -0.25) is 9.69 Å². The molecule has 29 heavy (non-hydrogen) atoms. The van der Waals surface area contributed by atoms with E-state index in [1.807, 2.05) is 54.5 Å². The summed E-state index contributed by atoms with van der Waals surface area (Å²) in [5, 5.41) is 0. The fourth-order valence-corrected chi connectivity index (χ4v) is 4.08. The van der Waals surface area contributed by atoms with E-state index in [0.29, 0.717) is 0 Å². The highest BCUT2D eigenvalue weighted by atomic mass is 16.3. The first-order chi connectivity index (χ1) is 14.1. The topological polar surface area (TPSA) is 36.7 Å². The molecule has 4 nitrogen and oxygen atoms in total. The molecule has 0 atom stereocenters. The van der Waals surface area contributed by atoms with Crippen molar-refractivity contribution in [3.05, 3.63) is 89.4 Å². The minimum atomic E-state index is 0.0869. The van der Waals surface area contributed by atoms with Crippen LogP contribution in [-0.2, 0) is 6.54 Å². The van der Waals surface area contributed by atoms with Crippen molar-refractivity contribution in [2.45, 2.75) is 39.3 Å². The predicted octanol–water partition coefficient (Wildman–Crippen LogP) is 5.21. The normalized spacial score (nSPS) is 15.4. The van der Waals surface area contributed by atoms with Crippen molar-refractivity contribution in [3.63, 3.8) is 0 Å². The maximum Gasteiger partial charge on any atom is 0.258 e. The van der Waals surface area contributed by atoms with Gasteiger partial charge in [0.15, 0.2) is 0 Å². The monoisotopic (exact) mass is 388 g/mol. The molecule has 4 heteroatoms. The molecular weight excluding hydrogens is 360 g/mol. The average molecular weight is 389 g/mol. The molecule has 1 aromatic heterocycles. The van der Waals surface area contributed by atoms with Crippen LogP contribution in [0.3, 0.4) is 0 Å². The summed E-state index contributed by atoms with van der Waals surface area (Å²) in [6.45, 7) is 6.96. The minimum Gasteiger partial charge on any atom is -0.472 e. The molecule has 2 aromatic carbocycles. The summed E-state index contributed by atoms with van der Waals surface area (Å²) < 4.78 is 5.19. The van der Waals surface area contributed by atoms with Gasteiger partial charge in [-0.2, -0.15) is 0 Å². The third-order valence-corrected chi connectivity index (χ3v) is 5.71. The number of anilines is 1. The van der Waals surface area contributed by atoms with Crippen LogP contribution in [0.25, 0.3) is 0 Å². The van der Waals surface area contributed by atoms with Crippen molar-refractivity contribution >= 4 is 11.6 Å². The van der Waals surface area contributed by atoms with Crippen LogP contribution in [0.5, 0.6) is 0 Å². The summed E-state index contributed by atoms with van der Waals surface area (Å²) >= 11 is 0. The molecule has 0 bridgehead atoms. The van der Waals surface area contributed by atoms with Crippen molar-refractivity contribution in [2.24, 2.45) is 0 Å². The number of likely N-dealkylation sites (tertiary alicyclic amines) is 1. The summed E-state index contributed by atoms with van der Waals surface area (Å²) in [4.78, 5) is 18.0. The summed E-state index contributed by atoms with van der Waals surface area (Å²) in [5.41, 5.74) is 5.27. The second-order valence-electron chi connectivity index (χ2n) is 8.02. The number of piperidine rings is 1. The van der Waals surface area contributed by atoms with Crippen LogP contribution >= 0.6 is 0 Å². The van der Waals surface area contributed by atoms with Crippen molar-refractivity contribution in [3.8, 4) is 0 Å². The first kappa shape index (κ1) is 19.5. The molecular formula is C25H28N2O2. The van der Waals surface area contributed by atoms with Crippen LogP contribution in [0.15, 0.2) is 71.5 Å². The van der Waals surface area contributed by atoms with E-state index in [-0.39, 0.29) is 11.9 Å². The highest BCUT2D eigenvalue weighted by Gasteiger charge is 2.30. The maximum absolute atomic E-state index is 13.5. The Balaban J connectivity index is 1.54. The molecule has 1 fully saturated rings. The molecule has 1 saturated heterocycles. The van der Waals surface area contributed by atoms with Gasteiger partial charge in [-0.1, -0.05) is 29.8 Å². The van der Waals surface area contributed by atoms with Gasteiger partial charge in [-0.05, 0) is 62.6 Å². The molecule has 2 heterocycles. The molecule has 0 spiro atoms. The Hall–Kier alpha value is -2.85. The fourth-order valence-electron chi connectivity index (χ4n) is 4.08. The number of aryl methyl sites for hydroxylation is 2. The standard InChI is InChI=1S/C25H28N2O2/c1-19-6-8-22(9-7-19)25(28)27(24-5-3-4-20(2)16-24)23-10-13-26(14-11-23)17-21-12-15-29-18-21/h3-9,12,15-16,18,23H,10-11,13-14,17H2,1-2H3. The zero-order chi connectivity index (χ0) is 20.2. The Bertz CT molecular complexity index is 939. The first-order valence-corrected chi connectivity index (χ1v) is 10.3. The highest BCUT2D eigenvalue weighted by molar-refractivity contribution is 6.06. The molecule has 3 aromatic rings. The molecule has 1 aliphatic rings. The van der Waals surface area contributed by atoms with E-state index in [2.05, 4.69) is 30.0 Å². The van der Waals surface area contributed by atoms with Gasteiger partial charge in [0.05, 0.1) is 12.5 Å². The van der Waals surface area contributed by atoms with Crippen molar-refractivity contribution < 1.29 is 9.21 Å². The Morgan fingerprint density at radius 1 is 1.03 bits per heavy atom. The maximum atomic E-state index is 13.5. The van der Waals surface area contributed by atoms with E-state index in [4.69, 9.17) is 4.42 Å². The number of amides is 1. The SMILES string of the molecule is Cc1ccc(C(=O)N(c2cccc(C)c2)C2CCN(Cc3ccoc3)CC2)cc1. The summed E-state index contributed by atoms with van der Waals surface area (Å²) in [6, 6.07) is 18.4. The zero-order valence-corrected chi connectivity index (χ0v) is 17.2. The second-order valence-corrected chi connectivity index (χ2v) is 8.02. The van der Waals surface area contributed by atoms with Crippen LogP contribution in [0, 0.1) is 13.8 Å². The van der Waals surface area contributed by atoms with E-state index >= 15 is 0 Å². The number of carbonyl (C=O) groups excluding carboxylic acids is 1. The number of hydrogen-bond donors (Lipinski definition) is 0. The van der Waals surface area contributed by atoms with Crippen molar-refractivity contribution in [1.82, 2.24) is 4.90 Å². The van der Waals surface area contributed by atoms with E-state index in [1.165, 1.54) is 11.1 Å². The van der Waals surface area contributed by atoms with Gasteiger partial charge in [-0.25, -0.2) is 0 Å². The zero-order valence-electron chi connectivity index (χ0n) is 17.2. The van der Waals surface area contributed by atoms with Gasteiger partial charge in [0.25, 0.3) is 5.91 Å². The highest BCUT2D eigenvalue weighted by Crippen LogP contribution is 2.27. The largest absolute Gasteiger partial charge is 0.472 e. The Morgan fingerprint density at radius 2 is 1.79 bits per heavy atom. The lowest BCUT2D eigenvalue weighted by Gasteiger charge is -2.38. The molecule has 1 aliphatic heterocycles. The molecule has 0 unspecified atom stereocenters. The lowest BCUT2D eigenvalue weighted by Crippen LogP contribution is -2.47. The molecule has 0 saturated carbocycles. The van der Waals surface area contributed by atoms with Crippen LogP contribution in [0.2, 0.25) is 0 Å². The third kappa shape index (κ3) is 4.60. The Labute approximate surface area is 172 Å². The number of benzene rings is 2. The lowest BCUT2D eigenvalue weighted by atomic mass is 9.99. The lowest BCUT2D eigenvalue weighted by molar-refractivity contribution is 0.0958. The molecule has 150 valence electrons. The van der Waals surface area contributed by atoms with Gasteiger partial charge >= 0.3 is 0 Å². The van der Waals surface area contributed by atoms with Gasteiger partial charge in [0.1, 0.15) is 0 Å². The van der Waals surface area contributed by atoms with Gasteiger partial charge < -0.3 is 9.32 Å². The van der Waals surface area contributed by atoms with Crippen LogP contribution in [0.1, 0.15) is 39.9 Å². The van der Waals surface area contributed by atoms with E-state index in [1.54, 1.807) is 6.26 Å². The van der Waals surface area contributed by atoms with E-state index < -0.39 is 0 Å². The quantitative estimate of drug-likeness (QED) is 0.602.